The molecule has 0 aliphatic heterocycles. The van der Waals surface area contributed by atoms with Gasteiger partial charge in [-0.2, -0.15) is 0 Å². The van der Waals surface area contributed by atoms with Crippen molar-refractivity contribution < 1.29 is 4.74 Å². The number of aryl methyl sites for hydroxylation is 1. The van der Waals surface area contributed by atoms with Crippen molar-refractivity contribution in [3.8, 4) is 12.0 Å². The zero-order chi connectivity index (χ0) is 8.27. The first kappa shape index (κ1) is 7.90. The number of hydrogen-bond acceptors (Lipinski definition) is 2. The van der Waals surface area contributed by atoms with Crippen LogP contribution in [-0.2, 0) is 0 Å². The van der Waals surface area contributed by atoms with E-state index in [-0.39, 0.29) is 0 Å². The quantitative estimate of drug-likeness (QED) is 0.602. The molecule has 0 aliphatic carbocycles. The molecule has 0 aliphatic rings. The van der Waals surface area contributed by atoms with E-state index in [0.717, 1.165) is 5.56 Å². The van der Waals surface area contributed by atoms with Gasteiger partial charge in [0.25, 0.3) is 6.26 Å². The highest BCUT2D eigenvalue weighted by Crippen LogP contribution is 2.19. The van der Waals surface area contributed by atoms with E-state index in [1.807, 2.05) is 6.92 Å². The minimum atomic E-state index is 0.484. The van der Waals surface area contributed by atoms with E-state index < -0.39 is 0 Å². The molecule has 0 saturated carbocycles. The van der Waals surface area contributed by atoms with Crippen molar-refractivity contribution >= 4 is 11.6 Å². The first-order valence-corrected chi connectivity index (χ1v) is 3.43. The summed E-state index contributed by atoms with van der Waals surface area (Å²) >= 11 is 5.70. The summed E-state index contributed by atoms with van der Waals surface area (Å²) in [5.41, 5.74) is 0.975. The molecule has 0 bridgehead atoms. The van der Waals surface area contributed by atoms with Crippen LogP contribution in [0.4, 0.5) is 0 Å². The maximum Gasteiger partial charge on any atom is 0.292 e. The van der Waals surface area contributed by atoms with Gasteiger partial charge in [0.15, 0.2) is 0 Å². The Morgan fingerprint density at radius 1 is 1.45 bits per heavy atom. The lowest BCUT2D eigenvalue weighted by molar-refractivity contribution is 0.507. The van der Waals surface area contributed by atoms with E-state index >= 15 is 0 Å². The van der Waals surface area contributed by atoms with Gasteiger partial charge in [-0.3, -0.25) is 0 Å². The molecule has 0 saturated heterocycles. The predicted molar refractivity (Wildman–Crippen MR) is 42.4 cm³/mol. The third-order valence-corrected chi connectivity index (χ3v) is 1.40. The molecule has 0 aromatic heterocycles. The molecule has 56 valence electrons. The van der Waals surface area contributed by atoms with Crippen LogP contribution in [0, 0.1) is 18.4 Å². The van der Waals surface area contributed by atoms with Crippen LogP contribution in [0.15, 0.2) is 18.2 Å². The standard InChI is InChI=1S/C8H6ClNO/c1-6-2-7(9)4-8(3-6)11-5-10/h2-4H,1H3. The second kappa shape index (κ2) is 3.27. The van der Waals surface area contributed by atoms with Gasteiger partial charge in [-0.25, -0.2) is 0 Å². The van der Waals surface area contributed by atoms with Gasteiger partial charge >= 0.3 is 0 Å². The van der Waals surface area contributed by atoms with Crippen LogP contribution in [0.5, 0.6) is 5.75 Å². The minimum Gasteiger partial charge on any atom is -0.388 e. The van der Waals surface area contributed by atoms with Gasteiger partial charge in [0.2, 0.25) is 0 Å². The van der Waals surface area contributed by atoms with Gasteiger partial charge in [-0.15, -0.1) is 5.26 Å². The van der Waals surface area contributed by atoms with Gasteiger partial charge in [0.05, 0.1) is 0 Å². The molecule has 0 amide bonds. The molecular formula is C8H6ClNO. The molecule has 0 spiro atoms. The number of benzene rings is 1. The summed E-state index contributed by atoms with van der Waals surface area (Å²) in [5.74, 6) is 0.484. The molecule has 0 fully saturated rings. The van der Waals surface area contributed by atoms with Gasteiger partial charge in [0, 0.05) is 11.1 Å². The second-order valence-electron chi connectivity index (χ2n) is 2.16. The molecule has 2 nitrogen and oxygen atoms in total. The van der Waals surface area contributed by atoms with Crippen molar-refractivity contribution in [3.05, 3.63) is 28.8 Å². The van der Waals surface area contributed by atoms with Crippen LogP contribution in [-0.4, -0.2) is 0 Å². The average Bonchev–Trinajstić information content (AvgIpc) is 1.85. The van der Waals surface area contributed by atoms with Crippen molar-refractivity contribution in [2.75, 3.05) is 0 Å². The summed E-state index contributed by atoms with van der Waals surface area (Å²) in [4.78, 5) is 0. The molecule has 0 N–H and O–H groups in total. The van der Waals surface area contributed by atoms with Gasteiger partial charge in [0.1, 0.15) is 5.75 Å². The highest BCUT2D eigenvalue weighted by Gasteiger charge is 1.96. The summed E-state index contributed by atoms with van der Waals surface area (Å²) in [5, 5.41) is 8.77. The highest BCUT2D eigenvalue weighted by atomic mass is 35.5. The van der Waals surface area contributed by atoms with E-state index in [1.54, 1.807) is 24.5 Å². The molecule has 0 heterocycles. The molecule has 1 aromatic rings. The Balaban J connectivity index is 3.01. The average molecular weight is 168 g/mol. The number of ether oxygens (including phenoxy) is 1. The zero-order valence-electron chi connectivity index (χ0n) is 5.97. The molecule has 3 heteroatoms. The Morgan fingerprint density at radius 3 is 2.73 bits per heavy atom. The van der Waals surface area contributed by atoms with E-state index in [2.05, 4.69) is 4.74 Å². The fraction of sp³-hybridized carbons (Fsp3) is 0.125. The van der Waals surface area contributed by atoms with Crippen LogP contribution in [0.1, 0.15) is 5.56 Å². The highest BCUT2D eigenvalue weighted by molar-refractivity contribution is 6.30. The first-order valence-electron chi connectivity index (χ1n) is 3.05. The SMILES string of the molecule is Cc1cc(Cl)cc(OC#N)c1. The Kier molecular flexibility index (Phi) is 2.35. The van der Waals surface area contributed by atoms with Gasteiger partial charge < -0.3 is 4.74 Å². The van der Waals surface area contributed by atoms with E-state index in [9.17, 15) is 0 Å². The molecular weight excluding hydrogens is 162 g/mol. The van der Waals surface area contributed by atoms with Crippen LogP contribution in [0.2, 0.25) is 5.02 Å². The first-order chi connectivity index (χ1) is 5.22. The minimum absolute atomic E-state index is 0.484. The Hall–Kier alpha value is -1.20. The maximum atomic E-state index is 8.19. The van der Waals surface area contributed by atoms with Crippen molar-refractivity contribution in [1.29, 1.82) is 5.26 Å². The third kappa shape index (κ3) is 2.14. The van der Waals surface area contributed by atoms with Crippen LogP contribution >= 0.6 is 11.6 Å². The number of rotatable bonds is 1. The van der Waals surface area contributed by atoms with E-state index in [0.29, 0.717) is 10.8 Å². The molecule has 1 aromatic carbocycles. The van der Waals surface area contributed by atoms with Crippen molar-refractivity contribution in [1.82, 2.24) is 0 Å². The second-order valence-corrected chi connectivity index (χ2v) is 2.59. The van der Waals surface area contributed by atoms with Crippen LogP contribution < -0.4 is 4.74 Å². The fourth-order valence-corrected chi connectivity index (χ4v) is 1.09. The van der Waals surface area contributed by atoms with E-state index in [1.165, 1.54) is 0 Å². The number of nitrogens with zero attached hydrogens (tertiary/aromatic N) is 1. The predicted octanol–water partition coefficient (Wildman–Crippen LogP) is 2.51. The number of hydrogen-bond donors (Lipinski definition) is 0. The summed E-state index contributed by atoms with van der Waals surface area (Å²) in [6, 6.07) is 5.14. The lowest BCUT2D eigenvalue weighted by Gasteiger charge is -1.97. The normalized spacial score (nSPS) is 8.82. The van der Waals surface area contributed by atoms with Gasteiger partial charge in [-0.05, 0) is 24.6 Å². The van der Waals surface area contributed by atoms with Crippen LogP contribution in [0.3, 0.4) is 0 Å². The Bertz CT molecular complexity index is 283. The van der Waals surface area contributed by atoms with Gasteiger partial charge in [-0.1, -0.05) is 11.6 Å². The monoisotopic (exact) mass is 167 g/mol. The maximum absolute atomic E-state index is 8.19. The summed E-state index contributed by atoms with van der Waals surface area (Å²) in [6.07, 6.45) is 1.58. The van der Waals surface area contributed by atoms with E-state index in [4.69, 9.17) is 16.9 Å². The van der Waals surface area contributed by atoms with Crippen molar-refractivity contribution in [3.63, 3.8) is 0 Å². The smallest absolute Gasteiger partial charge is 0.292 e. The lowest BCUT2D eigenvalue weighted by Crippen LogP contribution is -1.82. The summed E-state index contributed by atoms with van der Waals surface area (Å²) < 4.78 is 4.59. The fourth-order valence-electron chi connectivity index (χ4n) is 0.814. The molecule has 0 radical (unpaired) electrons. The Morgan fingerprint density at radius 2 is 2.18 bits per heavy atom. The van der Waals surface area contributed by atoms with Crippen molar-refractivity contribution in [2.45, 2.75) is 6.92 Å². The lowest BCUT2D eigenvalue weighted by atomic mass is 10.2. The molecule has 1 rings (SSSR count). The van der Waals surface area contributed by atoms with Crippen molar-refractivity contribution in [2.24, 2.45) is 0 Å². The largest absolute Gasteiger partial charge is 0.388 e. The number of halogens is 1. The third-order valence-electron chi connectivity index (χ3n) is 1.18. The molecule has 11 heavy (non-hydrogen) atoms. The Labute approximate surface area is 70.0 Å². The summed E-state index contributed by atoms with van der Waals surface area (Å²) in [6.45, 7) is 1.89. The number of nitriles is 1. The summed E-state index contributed by atoms with van der Waals surface area (Å²) in [7, 11) is 0. The zero-order valence-corrected chi connectivity index (χ0v) is 6.72. The topological polar surface area (TPSA) is 33.0 Å². The molecule has 0 atom stereocenters. The molecule has 0 unspecified atom stereocenters. The van der Waals surface area contributed by atoms with Crippen LogP contribution in [0.25, 0.3) is 0 Å².